The highest BCUT2D eigenvalue weighted by Crippen LogP contribution is 2.29. The van der Waals surface area contributed by atoms with E-state index in [0.717, 1.165) is 34.9 Å². The van der Waals surface area contributed by atoms with Gasteiger partial charge in [0.05, 0.1) is 16.8 Å². The summed E-state index contributed by atoms with van der Waals surface area (Å²) in [5.41, 5.74) is 1.11. The molecule has 0 saturated carbocycles. The molecule has 1 saturated heterocycles. The summed E-state index contributed by atoms with van der Waals surface area (Å²) in [5, 5.41) is 11.7. The maximum Gasteiger partial charge on any atom is 0.277 e. The minimum Gasteiger partial charge on any atom is -0.494 e. The third-order valence-electron chi connectivity index (χ3n) is 4.45. The normalized spacial score (nSPS) is 14.3. The summed E-state index contributed by atoms with van der Waals surface area (Å²) < 4.78 is 6.47. The monoisotopic (exact) mass is 383 g/mol. The van der Waals surface area contributed by atoms with Crippen LogP contribution >= 0.6 is 11.3 Å². The average molecular weight is 383 g/mol. The Hall–Kier alpha value is -2.74. The van der Waals surface area contributed by atoms with Crippen molar-refractivity contribution in [2.75, 3.05) is 29.9 Å². The molecule has 8 heteroatoms. The first-order chi connectivity index (χ1) is 13.2. The van der Waals surface area contributed by atoms with Crippen molar-refractivity contribution in [3.05, 3.63) is 36.0 Å². The molecule has 1 fully saturated rings. The highest BCUT2D eigenvalue weighted by molar-refractivity contribution is 7.22. The van der Waals surface area contributed by atoms with Gasteiger partial charge in [-0.3, -0.25) is 10.1 Å². The van der Waals surface area contributed by atoms with Gasteiger partial charge in [0.25, 0.3) is 5.91 Å². The van der Waals surface area contributed by atoms with E-state index < -0.39 is 0 Å². The summed E-state index contributed by atoms with van der Waals surface area (Å²) in [6.07, 6.45) is 3.61. The lowest BCUT2D eigenvalue weighted by Crippen LogP contribution is -2.30. The van der Waals surface area contributed by atoms with Crippen molar-refractivity contribution in [3.8, 4) is 5.75 Å². The molecule has 0 bridgehead atoms. The number of hydrogen-bond acceptors (Lipinski definition) is 7. The summed E-state index contributed by atoms with van der Waals surface area (Å²) >= 11 is 1.41. The smallest absolute Gasteiger partial charge is 0.277 e. The van der Waals surface area contributed by atoms with E-state index in [1.807, 2.05) is 31.2 Å². The number of benzene rings is 1. The highest BCUT2D eigenvalue weighted by Gasteiger charge is 2.15. The predicted octanol–water partition coefficient (Wildman–Crippen LogP) is 3.73. The Morgan fingerprint density at radius 2 is 2.04 bits per heavy atom. The van der Waals surface area contributed by atoms with E-state index >= 15 is 0 Å². The number of carbonyl (C=O) groups is 1. The van der Waals surface area contributed by atoms with E-state index in [-0.39, 0.29) is 11.6 Å². The Bertz CT molecular complexity index is 935. The maximum atomic E-state index is 12.5. The van der Waals surface area contributed by atoms with Crippen molar-refractivity contribution in [1.82, 2.24) is 15.2 Å². The first-order valence-electron chi connectivity index (χ1n) is 9.16. The second-order valence-corrected chi connectivity index (χ2v) is 7.39. The SMILES string of the molecule is CCOc1ccc2nc(NC(=O)c3ccc(N4CCCCC4)nn3)sc2c1. The van der Waals surface area contributed by atoms with E-state index in [4.69, 9.17) is 4.74 Å². The van der Waals surface area contributed by atoms with Crippen molar-refractivity contribution in [3.63, 3.8) is 0 Å². The number of rotatable bonds is 5. The van der Waals surface area contributed by atoms with Crippen LogP contribution in [0.25, 0.3) is 10.2 Å². The Labute approximate surface area is 161 Å². The molecule has 1 N–H and O–H groups in total. The Balaban J connectivity index is 1.46. The zero-order valence-corrected chi connectivity index (χ0v) is 16.0. The molecular formula is C19H21N5O2S. The van der Waals surface area contributed by atoms with Gasteiger partial charge in [-0.05, 0) is 56.5 Å². The van der Waals surface area contributed by atoms with Gasteiger partial charge in [0, 0.05) is 13.1 Å². The molecule has 1 aliphatic heterocycles. The van der Waals surface area contributed by atoms with Crippen molar-refractivity contribution >= 4 is 38.4 Å². The van der Waals surface area contributed by atoms with E-state index in [1.165, 1.54) is 30.6 Å². The van der Waals surface area contributed by atoms with Crippen LogP contribution in [-0.4, -0.2) is 40.8 Å². The molecule has 3 aromatic rings. The highest BCUT2D eigenvalue weighted by atomic mass is 32.1. The van der Waals surface area contributed by atoms with Gasteiger partial charge >= 0.3 is 0 Å². The quantitative estimate of drug-likeness (QED) is 0.723. The number of ether oxygens (including phenoxy) is 1. The maximum absolute atomic E-state index is 12.5. The number of fused-ring (bicyclic) bond motifs is 1. The molecular weight excluding hydrogens is 362 g/mol. The van der Waals surface area contributed by atoms with Gasteiger partial charge in [-0.2, -0.15) is 0 Å². The lowest BCUT2D eigenvalue weighted by atomic mass is 10.1. The van der Waals surface area contributed by atoms with Crippen molar-refractivity contribution in [2.24, 2.45) is 0 Å². The Morgan fingerprint density at radius 3 is 2.78 bits per heavy atom. The number of nitrogens with one attached hydrogen (secondary N) is 1. The number of anilines is 2. The summed E-state index contributed by atoms with van der Waals surface area (Å²) in [7, 11) is 0. The number of amides is 1. The van der Waals surface area contributed by atoms with E-state index in [9.17, 15) is 4.79 Å². The van der Waals surface area contributed by atoms with Crippen LogP contribution in [0.5, 0.6) is 5.75 Å². The predicted molar refractivity (Wildman–Crippen MR) is 107 cm³/mol. The van der Waals surface area contributed by atoms with Gasteiger partial charge in [-0.1, -0.05) is 11.3 Å². The van der Waals surface area contributed by atoms with Crippen LogP contribution in [-0.2, 0) is 0 Å². The number of aromatic nitrogens is 3. The molecule has 1 aromatic carbocycles. The number of piperidine rings is 1. The van der Waals surface area contributed by atoms with Crippen LogP contribution in [0.3, 0.4) is 0 Å². The van der Waals surface area contributed by atoms with Crippen LogP contribution in [0.2, 0.25) is 0 Å². The summed E-state index contributed by atoms with van der Waals surface area (Å²) in [4.78, 5) is 19.1. The summed E-state index contributed by atoms with van der Waals surface area (Å²) in [6.45, 7) is 4.55. The average Bonchev–Trinajstić information content (AvgIpc) is 3.10. The minimum absolute atomic E-state index is 0.282. The molecule has 3 heterocycles. The van der Waals surface area contributed by atoms with Gasteiger partial charge < -0.3 is 9.64 Å². The van der Waals surface area contributed by atoms with Crippen LogP contribution < -0.4 is 15.0 Å². The fraction of sp³-hybridized carbons (Fsp3) is 0.368. The molecule has 4 rings (SSSR count). The van der Waals surface area contributed by atoms with Crippen LogP contribution in [0.4, 0.5) is 10.9 Å². The topological polar surface area (TPSA) is 80.2 Å². The number of nitrogens with zero attached hydrogens (tertiary/aromatic N) is 4. The summed E-state index contributed by atoms with van der Waals surface area (Å²) in [6, 6.07) is 9.27. The lowest BCUT2D eigenvalue weighted by Gasteiger charge is -2.27. The first-order valence-corrected chi connectivity index (χ1v) is 9.98. The van der Waals surface area contributed by atoms with E-state index in [0.29, 0.717) is 11.7 Å². The Kier molecular flexibility index (Phi) is 5.15. The van der Waals surface area contributed by atoms with E-state index in [1.54, 1.807) is 6.07 Å². The standard InChI is InChI=1S/C19H21N5O2S/c1-2-26-13-6-7-14-16(12-13)27-19(20-14)21-18(25)15-8-9-17(23-22-15)24-10-4-3-5-11-24/h6-9,12H,2-5,10-11H2,1H3,(H,20,21,25). The largest absolute Gasteiger partial charge is 0.494 e. The van der Waals surface area contributed by atoms with Gasteiger partial charge in [0.15, 0.2) is 16.6 Å². The molecule has 0 radical (unpaired) electrons. The molecule has 0 aliphatic carbocycles. The van der Waals surface area contributed by atoms with Gasteiger partial charge in [-0.15, -0.1) is 10.2 Å². The van der Waals surface area contributed by atoms with Gasteiger partial charge in [0.1, 0.15) is 5.75 Å². The third kappa shape index (κ3) is 4.00. The van der Waals surface area contributed by atoms with Gasteiger partial charge in [0.2, 0.25) is 0 Å². The molecule has 1 aliphatic rings. The fourth-order valence-electron chi connectivity index (χ4n) is 3.11. The number of thiazole rings is 1. The second-order valence-electron chi connectivity index (χ2n) is 6.36. The zero-order chi connectivity index (χ0) is 18.6. The van der Waals surface area contributed by atoms with Crippen molar-refractivity contribution < 1.29 is 9.53 Å². The molecule has 0 unspecified atom stereocenters. The molecule has 27 heavy (non-hydrogen) atoms. The molecule has 7 nitrogen and oxygen atoms in total. The van der Waals surface area contributed by atoms with Crippen LogP contribution in [0, 0.1) is 0 Å². The molecule has 1 amide bonds. The van der Waals surface area contributed by atoms with Crippen LogP contribution in [0.1, 0.15) is 36.7 Å². The fourth-order valence-corrected chi connectivity index (χ4v) is 4.00. The Morgan fingerprint density at radius 1 is 1.19 bits per heavy atom. The zero-order valence-electron chi connectivity index (χ0n) is 15.1. The lowest BCUT2D eigenvalue weighted by molar-refractivity contribution is 0.102. The second kappa shape index (κ2) is 7.87. The molecule has 0 atom stereocenters. The van der Waals surface area contributed by atoms with Gasteiger partial charge in [-0.25, -0.2) is 4.98 Å². The van der Waals surface area contributed by atoms with Crippen molar-refractivity contribution in [2.45, 2.75) is 26.2 Å². The summed E-state index contributed by atoms with van der Waals surface area (Å²) in [5.74, 6) is 1.32. The van der Waals surface area contributed by atoms with Crippen molar-refractivity contribution in [1.29, 1.82) is 0 Å². The molecule has 0 spiro atoms. The number of hydrogen-bond donors (Lipinski definition) is 1. The molecule has 2 aromatic heterocycles. The van der Waals surface area contributed by atoms with E-state index in [2.05, 4.69) is 25.4 Å². The first kappa shape index (κ1) is 17.7. The molecule has 140 valence electrons. The number of carbonyl (C=O) groups excluding carboxylic acids is 1. The van der Waals surface area contributed by atoms with Crippen LogP contribution in [0.15, 0.2) is 30.3 Å². The minimum atomic E-state index is -0.309. The third-order valence-corrected chi connectivity index (χ3v) is 5.39.